The molecule has 3 rings (SSSR count). The van der Waals surface area contributed by atoms with Crippen molar-refractivity contribution in [2.24, 2.45) is 0 Å². The van der Waals surface area contributed by atoms with E-state index in [1.807, 2.05) is 11.0 Å². The predicted molar refractivity (Wildman–Crippen MR) is 110 cm³/mol. The summed E-state index contributed by atoms with van der Waals surface area (Å²) in [6.45, 7) is 4.88. The second-order valence-corrected chi connectivity index (χ2v) is 8.06. The van der Waals surface area contributed by atoms with Gasteiger partial charge in [-0.05, 0) is 31.2 Å². The SMILES string of the molecule is CCCn1c(CCc2ccccc2)nnc1SCC(=O)N1CCCCCC1. The van der Waals surface area contributed by atoms with Gasteiger partial charge in [0, 0.05) is 26.1 Å². The third-order valence-corrected chi connectivity index (χ3v) is 5.96. The van der Waals surface area contributed by atoms with Crippen LogP contribution in [0.4, 0.5) is 0 Å². The van der Waals surface area contributed by atoms with Gasteiger partial charge in [-0.25, -0.2) is 0 Å². The predicted octanol–water partition coefficient (Wildman–Crippen LogP) is 3.97. The summed E-state index contributed by atoms with van der Waals surface area (Å²) in [5.74, 6) is 1.71. The number of nitrogens with zero attached hydrogens (tertiary/aromatic N) is 4. The first-order valence-electron chi connectivity index (χ1n) is 10.1. The molecule has 0 unspecified atom stereocenters. The van der Waals surface area contributed by atoms with Crippen molar-refractivity contribution in [2.75, 3.05) is 18.8 Å². The summed E-state index contributed by atoms with van der Waals surface area (Å²) in [6.07, 6.45) is 7.61. The maximum Gasteiger partial charge on any atom is 0.233 e. The Labute approximate surface area is 166 Å². The van der Waals surface area contributed by atoms with Crippen LogP contribution in [-0.4, -0.2) is 44.4 Å². The number of rotatable bonds is 8. The standard InChI is InChI=1S/C21H30N4OS/c1-2-14-25-19(13-12-18-10-6-5-7-11-18)22-23-21(25)27-17-20(26)24-15-8-3-4-9-16-24/h5-7,10-11H,2-4,8-9,12-17H2,1H3. The number of aromatic nitrogens is 3. The summed E-state index contributed by atoms with van der Waals surface area (Å²) in [6, 6.07) is 10.5. The van der Waals surface area contributed by atoms with Crippen LogP contribution in [0.25, 0.3) is 0 Å². The third kappa shape index (κ3) is 5.83. The lowest BCUT2D eigenvalue weighted by atomic mass is 10.1. The lowest BCUT2D eigenvalue weighted by Crippen LogP contribution is -2.33. The van der Waals surface area contributed by atoms with Gasteiger partial charge in [-0.3, -0.25) is 4.79 Å². The van der Waals surface area contributed by atoms with E-state index in [1.165, 1.54) is 30.2 Å². The first-order valence-corrected chi connectivity index (χ1v) is 11.1. The lowest BCUT2D eigenvalue weighted by Gasteiger charge is -2.19. The van der Waals surface area contributed by atoms with Crippen molar-refractivity contribution >= 4 is 17.7 Å². The molecular formula is C21H30N4OS. The van der Waals surface area contributed by atoms with E-state index in [0.29, 0.717) is 5.75 Å². The fourth-order valence-electron chi connectivity index (χ4n) is 3.50. The Kier molecular flexibility index (Phi) is 7.75. The van der Waals surface area contributed by atoms with E-state index in [0.717, 1.165) is 62.7 Å². The molecule has 0 spiro atoms. The molecule has 0 atom stereocenters. The Hall–Kier alpha value is -1.82. The molecule has 0 N–H and O–H groups in total. The molecule has 6 heteroatoms. The van der Waals surface area contributed by atoms with E-state index in [9.17, 15) is 4.79 Å². The summed E-state index contributed by atoms with van der Waals surface area (Å²) in [7, 11) is 0. The fourth-order valence-corrected chi connectivity index (χ4v) is 4.38. The number of likely N-dealkylation sites (tertiary alicyclic amines) is 1. The quantitative estimate of drug-likeness (QED) is 0.644. The van der Waals surface area contributed by atoms with Crippen LogP contribution in [0.2, 0.25) is 0 Å². The highest BCUT2D eigenvalue weighted by Gasteiger charge is 2.18. The molecule has 0 saturated carbocycles. The first kappa shape index (κ1) is 19.9. The minimum absolute atomic E-state index is 0.235. The van der Waals surface area contributed by atoms with Gasteiger partial charge in [0.05, 0.1) is 5.75 Å². The van der Waals surface area contributed by atoms with Crippen LogP contribution in [0, 0.1) is 0 Å². The molecule has 1 amide bonds. The molecule has 1 aliphatic rings. The molecule has 1 fully saturated rings. The largest absolute Gasteiger partial charge is 0.342 e. The number of hydrogen-bond donors (Lipinski definition) is 0. The third-order valence-electron chi connectivity index (χ3n) is 5.00. The second kappa shape index (κ2) is 10.5. The number of thioether (sulfide) groups is 1. The van der Waals surface area contributed by atoms with Gasteiger partial charge in [-0.2, -0.15) is 0 Å². The van der Waals surface area contributed by atoms with E-state index in [1.54, 1.807) is 0 Å². The van der Waals surface area contributed by atoms with Crippen molar-refractivity contribution in [2.45, 2.75) is 63.6 Å². The zero-order valence-electron chi connectivity index (χ0n) is 16.3. The van der Waals surface area contributed by atoms with Crippen LogP contribution in [0.5, 0.6) is 0 Å². The smallest absolute Gasteiger partial charge is 0.233 e. The molecule has 146 valence electrons. The summed E-state index contributed by atoms with van der Waals surface area (Å²) < 4.78 is 2.20. The lowest BCUT2D eigenvalue weighted by molar-refractivity contribution is -0.128. The van der Waals surface area contributed by atoms with Gasteiger partial charge in [0.1, 0.15) is 5.82 Å². The number of carbonyl (C=O) groups excluding carboxylic acids is 1. The van der Waals surface area contributed by atoms with Crippen LogP contribution in [-0.2, 0) is 24.2 Å². The van der Waals surface area contributed by atoms with E-state index < -0.39 is 0 Å². The van der Waals surface area contributed by atoms with E-state index in [4.69, 9.17) is 0 Å². The Morgan fingerprint density at radius 2 is 1.78 bits per heavy atom. The van der Waals surface area contributed by atoms with Crippen molar-refractivity contribution in [3.8, 4) is 0 Å². The van der Waals surface area contributed by atoms with E-state index in [2.05, 4.69) is 46.0 Å². The van der Waals surface area contributed by atoms with E-state index in [-0.39, 0.29) is 5.91 Å². The summed E-state index contributed by atoms with van der Waals surface area (Å²) in [5.41, 5.74) is 1.31. The van der Waals surface area contributed by atoms with Crippen molar-refractivity contribution in [3.05, 3.63) is 41.7 Å². The van der Waals surface area contributed by atoms with Crippen molar-refractivity contribution < 1.29 is 4.79 Å². The van der Waals surface area contributed by atoms with E-state index >= 15 is 0 Å². The molecule has 0 bridgehead atoms. The van der Waals surface area contributed by atoms with Crippen molar-refractivity contribution in [3.63, 3.8) is 0 Å². The van der Waals surface area contributed by atoms with Gasteiger partial charge in [0.2, 0.25) is 5.91 Å². The normalized spacial score (nSPS) is 14.9. The fraction of sp³-hybridized carbons (Fsp3) is 0.571. The molecule has 27 heavy (non-hydrogen) atoms. The van der Waals surface area contributed by atoms with Crippen molar-refractivity contribution in [1.82, 2.24) is 19.7 Å². The number of hydrogen-bond acceptors (Lipinski definition) is 4. The van der Waals surface area contributed by atoms with Crippen LogP contribution in [0.15, 0.2) is 35.5 Å². The van der Waals surface area contributed by atoms with Crippen molar-refractivity contribution in [1.29, 1.82) is 0 Å². The molecule has 5 nitrogen and oxygen atoms in total. The van der Waals surface area contributed by atoms with Crippen LogP contribution < -0.4 is 0 Å². The molecule has 1 aliphatic heterocycles. The summed E-state index contributed by atoms with van der Waals surface area (Å²) >= 11 is 1.54. The highest BCUT2D eigenvalue weighted by molar-refractivity contribution is 7.99. The first-order chi connectivity index (χ1) is 13.3. The Bertz CT molecular complexity index is 708. The maximum absolute atomic E-state index is 12.6. The average Bonchev–Trinajstić information content (AvgIpc) is 2.90. The van der Waals surface area contributed by atoms with Gasteiger partial charge in [-0.15, -0.1) is 10.2 Å². The number of benzene rings is 1. The molecular weight excluding hydrogens is 356 g/mol. The van der Waals surface area contributed by atoms with Gasteiger partial charge in [0.15, 0.2) is 5.16 Å². The number of amides is 1. The zero-order valence-corrected chi connectivity index (χ0v) is 17.1. The van der Waals surface area contributed by atoms with Gasteiger partial charge < -0.3 is 9.47 Å². The Morgan fingerprint density at radius 1 is 1.04 bits per heavy atom. The van der Waals surface area contributed by atoms with Gasteiger partial charge >= 0.3 is 0 Å². The Morgan fingerprint density at radius 3 is 2.48 bits per heavy atom. The maximum atomic E-state index is 12.6. The van der Waals surface area contributed by atoms with Gasteiger partial charge in [0.25, 0.3) is 0 Å². The topological polar surface area (TPSA) is 51.0 Å². The second-order valence-electron chi connectivity index (χ2n) is 7.12. The van der Waals surface area contributed by atoms with Crippen LogP contribution in [0.3, 0.4) is 0 Å². The molecule has 1 aromatic carbocycles. The molecule has 0 aliphatic carbocycles. The summed E-state index contributed by atoms with van der Waals surface area (Å²) in [4.78, 5) is 14.6. The summed E-state index contributed by atoms with van der Waals surface area (Å²) in [5, 5.41) is 9.69. The molecule has 1 aromatic heterocycles. The molecule has 2 heterocycles. The van der Waals surface area contributed by atoms with Crippen LogP contribution >= 0.6 is 11.8 Å². The molecule has 1 saturated heterocycles. The Balaban J connectivity index is 1.59. The molecule has 2 aromatic rings. The van der Waals surface area contributed by atoms with Crippen LogP contribution in [0.1, 0.15) is 50.4 Å². The highest BCUT2D eigenvalue weighted by atomic mass is 32.2. The highest BCUT2D eigenvalue weighted by Crippen LogP contribution is 2.20. The number of aryl methyl sites for hydroxylation is 2. The van der Waals surface area contributed by atoms with Gasteiger partial charge in [-0.1, -0.05) is 61.9 Å². The minimum atomic E-state index is 0.235. The monoisotopic (exact) mass is 386 g/mol. The number of carbonyl (C=O) groups is 1. The zero-order chi connectivity index (χ0) is 18.9. The molecule has 0 radical (unpaired) electrons. The minimum Gasteiger partial charge on any atom is -0.342 e. The average molecular weight is 387 g/mol.